The summed E-state index contributed by atoms with van der Waals surface area (Å²) in [5.74, 6) is -0.631. The van der Waals surface area contributed by atoms with Crippen LogP contribution in [0.2, 0.25) is 5.02 Å². The number of amides is 1. The SMILES string of the molecule is O=C(Nc1nc(-c2ccc(F)cc2Cl)cs1)c1ccccc1. The van der Waals surface area contributed by atoms with Gasteiger partial charge in [-0.2, -0.15) is 0 Å². The van der Waals surface area contributed by atoms with E-state index >= 15 is 0 Å². The van der Waals surface area contributed by atoms with Crippen LogP contribution < -0.4 is 5.32 Å². The Labute approximate surface area is 135 Å². The first-order chi connectivity index (χ1) is 10.6. The smallest absolute Gasteiger partial charge is 0.257 e. The first kappa shape index (κ1) is 14.7. The van der Waals surface area contributed by atoms with Crippen molar-refractivity contribution in [1.29, 1.82) is 0 Å². The van der Waals surface area contributed by atoms with Crippen molar-refractivity contribution < 1.29 is 9.18 Å². The summed E-state index contributed by atoms with van der Waals surface area (Å²) in [5.41, 5.74) is 1.77. The molecule has 0 atom stereocenters. The zero-order chi connectivity index (χ0) is 15.5. The van der Waals surface area contributed by atoms with Crippen LogP contribution in [-0.4, -0.2) is 10.9 Å². The number of carbonyl (C=O) groups is 1. The van der Waals surface area contributed by atoms with Gasteiger partial charge in [0, 0.05) is 16.5 Å². The Morgan fingerprint density at radius 3 is 2.68 bits per heavy atom. The zero-order valence-corrected chi connectivity index (χ0v) is 12.8. The number of hydrogen-bond donors (Lipinski definition) is 1. The fourth-order valence-electron chi connectivity index (χ4n) is 1.91. The van der Waals surface area contributed by atoms with E-state index < -0.39 is 5.82 Å². The first-order valence-corrected chi connectivity index (χ1v) is 7.66. The maximum Gasteiger partial charge on any atom is 0.257 e. The third-order valence-electron chi connectivity index (χ3n) is 2.97. The molecule has 0 aliphatic carbocycles. The molecule has 3 rings (SSSR count). The van der Waals surface area contributed by atoms with Crippen molar-refractivity contribution in [2.75, 3.05) is 5.32 Å². The van der Waals surface area contributed by atoms with Crippen molar-refractivity contribution in [2.24, 2.45) is 0 Å². The van der Waals surface area contributed by atoms with Crippen molar-refractivity contribution in [1.82, 2.24) is 4.98 Å². The molecule has 22 heavy (non-hydrogen) atoms. The van der Waals surface area contributed by atoms with E-state index in [1.54, 1.807) is 35.7 Å². The highest BCUT2D eigenvalue weighted by molar-refractivity contribution is 7.14. The van der Waals surface area contributed by atoms with Gasteiger partial charge in [0.2, 0.25) is 0 Å². The van der Waals surface area contributed by atoms with Crippen LogP contribution in [0.4, 0.5) is 9.52 Å². The molecule has 1 N–H and O–H groups in total. The predicted molar refractivity (Wildman–Crippen MR) is 86.9 cm³/mol. The molecule has 6 heteroatoms. The van der Waals surface area contributed by atoms with Crippen molar-refractivity contribution in [3.63, 3.8) is 0 Å². The molecule has 1 heterocycles. The average molecular weight is 333 g/mol. The van der Waals surface area contributed by atoms with Crippen LogP contribution in [0, 0.1) is 5.82 Å². The molecule has 0 bridgehead atoms. The summed E-state index contributed by atoms with van der Waals surface area (Å²) < 4.78 is 13.1. The highest BCUT2D eigenvalue weighted by Crippen LogP contribution is 2.31. The lowest BCUT2D eigenvalue weighted by molar-refractivity contribution is 0.102. The van der Waals surface area contributed by atoms with Gasteiger partial charge in [0.1, 0.15) is 5.82 Å². The Hall–Kier alpha value is -2.24. The van der Waals surface area contributed by atoms with E-state index in [1.165, 1.54) is 23.5 Å². The minimum absolute atomic E-state index is 0.230. The number of rotatable bonds is 3. The monoisotopic (exact) mass is 332 g/mol. The number of nitrogens with one attached hydrogen (secondary N) is 1. The molecule has 0 fully saturated rings. The highest BCUT2D eigenvalue weighted by atomic mass is 35.5. The number of nitrogens with zero attached hydrogens (tertiary/aromatic N) is 1. The third-order valence-corrected chi connectivity index (χ3v) is 4.04. The van der Waals surface area contributed by atoms with E-state index in [2.05, 4.69) is 10.3 Å². The molecule has 0 saturated carbocycles. The summed E-state index contributed by atoms with van der Waals surface area (Å²) in [6.07, 6.45) is 0. The molecule has 3 nitrogen and oxygen atoms in total. The summed E-state index contributed by atoms with van der Waals surface area (Å²) in [6.45, 7) is 0. The Morgan fingerprint density at radius 2 is 1.95 bits per heavy atom. The second-order valence-electron chi connectivity index (χ2n) is 4.48. The van der Waals surface area contributed by atoms with Crippen molar-refractivity contribution in [2.45, 2.75) is 0 Å². The lowest BCUT2D eigenvalue weighted by Crippen LogP contribution is -2.11. The van der Waals surface area contributed by atoms with Gasteiger partial charge < -0.3 is 0 Å². The molecule has 2 aromatic carbocycles. The second kappa shape index (κ2) is 6.25. The lowest BCUT2D eigenvalue weighted by Gasteiger charge is -2.02. The predicted octanol–water partition coefficient (Wildman–Crippen LogP) is 4.85. The summed E-state index contributed by atoms with van der Waals surface area (Å²) in [7, 11) is 0. The van der Waals surface area contributed by atoms with Gasteiger partial charge in [0.25, 0.3) is 5.91 Å². The van der Waals surface area contributed by atoms with E-state index in [4.69, 9.17) is 11.6 Å². The summed E-state index contributed by atoms with van der Waals surface area (Å²) in [5, 5.41) is 5.24. The molecule has 0 saturated heterocycles. The molecule has 1 amide bonds. The van der Waals surface area contributed by atoms with Gasteiger partial charge in [0.05, 0.1) is 10.7 Å². The number of thiazole rings is 1. The molecule has 0 radical (unpaired) electrons. The maximum atomic E-state index is 13.1. The van der Waals surface area contributed by atoms with Gasteiger partial charge in [-0.3, -0.25) is 10.1 Å². The van der Waals surface area contributed by atoms with Gasteiger partial charge >= 0.3 is 0 Å². The molecule has 0 unspecified atom stereocenters. The van der Waals surface area contributed by atoms with Crippen LogP contribution in [0.3, 0.4) is 0 Å². The van der Waals surface area contributed by atoms with Crippen LogP contribution in [-0.2, 0) is 0 Å². The fourth-order valence-corrected chi connectivity index (χ4v) is 2.88. The average Bonchev–Trinajstić information content (AvgIpc) is 2.96. The molecule has 0 spiro atoms. The molecular weight excluding hydrogens is 323 g/mol. The Balaban J connectivity index is 1.81. The third kappa shape index (κ3) is 3.16. The number of aromatic nitrogens is 1. The van der Waals surface area contributed by atoms with Crippen LogP contribution >= 0.6 is 22.9 Å². The van der Waals surface area contributed by atoms with Gasteiger partial charge in [-0.15, -0.1) is 11.3 Å². The molecule has 3 aromatic rings. The van der Waals surface area contributed by atoms with E-state index in [0.717, 1.165) is 0 Å². The Bertz CT molecular complexity index is 820. The Kier molecular flexibility index (Phi) is 4.18. The van der Waals surface area contributed by atoms with E-state index in [9.17, 15) is 9.18 Å². The van der Waals surface area contributed by atoms with Gasteiger partial charge in [0.15, 0.2) is 5.13 Å². The van der Waals surface area contributed by atoms with Crippen LogP contribution in [0.1, 0.15) is 10.4 Å². The second-order valence-corrected chi connectivity index (χ2v) is 5.75. The lowest BCUT2D eigenvalue weighted by atomic mass is 10.2. The quantitative estimate of drug-likeness (QED) is 0.744. The largest absolute Gasteiger partial charge is 0.298 e. The number of hydrogen-bond acceptors (Lipinski definition) is 3. The number of carbonyl (C=O) groups excluding carboxylic acids is 1. The van der Waals surface area contributed by atoms with E-state index in [1.807, 2.05) is 6.07 Å². The van der Waals surface area contributed by atoms with Gasteiger partial charge in [-0.05, 0) is 30.3 Å². The molecule has 1 aromatic heterocycles. The normalized spacial score (nSPS) is 10.5. The Morgan fingerprint density at radius 1 is 1.18 bits per heavy atom. The standard InChI is InChI=1S/C16H10ClFN2OS/c17-13-8-11(18)6-7-12(13)14-9-22-16(19-14)20-15(21)10-4-2-1-3-5-10/h1-9H,(H,19,20,21). The van der Waals surface area contributed by atoms with E-state index in [0.29, 0.717) is 22.0 Å². The molecular formula is C16H10ClFN2OS. The summed E-state index contributed by atoms with van der Waals surface area (Å²) >= 11 is 7.30. The van der Waals surface area contributed by atoms with Gasteiger partial charge in [-0.25, -0.2) is 9.37 Å². The first-order valence-electron chi connectivity index (χ1n) is 6.41. The van der Waals surface area contributed by atoms with Crippen LogP contribution in [0.15, 0.2) is 53.9 Å². The van der Waals surface area contributed by atoms with Crippen LogP contribution in [0.25, 0.3) is 11.3 Å². The van der Waals surface area contributed by atoms with E-state index in [-0.39, 0.29) is 10.9 Å². The molecule has 110 valence electrons. The zero-order valence-electron chi connectivity index (χ0n) is 11.2. The minimum atomic E-state index is -0.401. The fraction of sp³-hybridized carbons (Fsp3) is 0. The number of halogens is 2. The summed E-state index contributed by atoms with van der Waals surface area (Å²) in [6, 6.07) is 13.0. The highest BCUT2D eigenvalue weighted by Gasteiger charge is 2.12. The topological polar surface area (TPSA) is 42.0 Å². The number of anilines is 1. The summed E-state index contributed by atoms with van der Waals surface area (Å²) in [4.78, 5) is 16.4. The van der Waals surface area contributed by atoms with Gasteiger partial charge in [-0.1, -0.05) is 29.8 Å². The van der Waals surface area contributed by atoms with Crippen molar-refractivity contribution in [3.8, 4) is 11.3 Å². The van der Waals surface area contributed by atoms with Crippen LogP contribution in [0.5, 0.6) is 0 Å². The van der Waals surface area contributed by atoms with Crippen molar-refractivity contribution in [3.05, 3.63) is 70.3 Å². The number of benzene rings is 2. The maximum absolute atomic E-state index is 13.1. The molecule has 0 aliphatic heterocycles. The minimum Gasteiger partial charge on any atom is -0.298 e. The molecule has 0 aliphatic rings. The van der Waals surface area contributed by atoms with Crippen molar-refractivity contribution >= 4 is 34.0 Å².